The van der Waals surface area contributed by atoms with Crippen LogP contribution in [0.1, 0.15) is 24.0 Å². The molecule has 0 aromatic heterocycles. The van der Waals surface area contributed by atoms with E-state index in [0.29, 0.717) is 19.8 Å². The Kier molecular flexibility index (Phi) is 9.21. The Morgan fingerprint density at radius 1 is 1.11 bits per heavy atom. The number of hydrogen-bond acceptors (Lipinski definition) is 3. The first kappa shape index (κ1) is 22.2. The van der Waals surface area contributed by atoms with Gasteiger partial charge in [0.2, 0.25) is 0 Å². The van der Waals surface area contributed by atoms with E-state index >= 15 is 0 Å². The Morgan fingerprint density at radius 2 is 1.79 bits per heavy atom. The maximum absolute atomic E-state index is 11.2. The largest absolute Gasteiger partial charge is 0.481 e. The molecule has 1 aliphatic heterocycles. The third-order valence-corrected chi connectivity index (χ3v) is 4.95. The molecular formula is C23H28ClNO3. The average molecular weight is 402 g/mol. The highest BCUT2D eigenvalue weighted by atomic mass is 35.5. The third kappa shape index (κ3) is 6.79. The summed E-state index contributed by atoms with van der Waals surface area (Å²) in [6.45, 7) is 3.50. The Labute approximate surface area is 173 Å². The number of likely N-dealkylation sites (tertiary alicyclic amines) is 1. The minimum Gasteiger partial charge on any atom is -0.481 e. The molecule has 0 unspecified atom stereocenters. The maximum Gasteiger partial charge on any atom is 0.307 e. The second-order valence-electron chi connectivity index (χ2n) is 6.98. The number of aliphatic carboxylic acids is 1. The molecule has 1 N–H and O–H groups in total. The van der Waals surface area contributed by atoms with Gasteiger partial charge in [-0.05, 0) is 42.2 Å². The third-order valence-electron chi connectivity index (χ3n) is 4.95. The van der Waals surface area contributed by atoms with Crippen LogP contribution in [-0.2, 0) is 9.53 Å². The van der Waals surface area contributed by atoms with E-state index in [-0.39, 0.29) is 18.3 Å². The van der Waals surface area contributed by atoms with Crippen molar-refractivity contribution in [2.45, 2.75) is 12.8 Å². The lowest BCUT2D eigenvalue weighted by Crippen LogP contribution is -2.40. The monoisotopic (exact) mass is 401 g/mol. The Hall–Kier alpha value is -2.14. The molecule has 4 nitrogen and oxygen atoms in total. The fourth-order valence-corrected chi connectivity index (χ4v) is 3.45. The molecule has 1 aliphatic rings. The molecule has 0 amide bonds. The number of carboxylic acid groups (broad SMARTS) is 1. The zero-order valence-corrected chi connectivity index (χ0v) is 16.8. The molecule has 1 heterocycles. The number of benzene rings is 2. The van der Waals surface area contributed by atoms with E-state index in [1.807, 2.05) is 36.4 Å². The summed E-state index contributed by atoms with van der Waals surface area (Å²) in [5, 5.41) is 9.20. The van der Waals surface area contributed by atoms with Gasteiger partial charge < -0.3 is 14.7 Å². The fraction of sp³-hybridized carbons (Fsp3) is 0.348. The molecule has 0 spiro atoms. The van der Waals surface area contributed by atoms with E-state index in [2.05, 4.69) is 35.2 Å². The van der Waals surface area contributed by atoms with E-state index in [0.717, 1.165) is 42.6 Å². The average Bonchev–Trinajstić information content (AvgIpc) is 2.72. The van der Waals surface area contributed by atoms with Gasteiger partial charge in [-0.2, -0.15) is 0 Å². The number of nitrogens with zero attached hydrogens (tertiary/aromatic N) is 1. The van der Waals surface area contributed by atoms with Crippen LogP contribution in [0, 0.1) is 5.92 Å². The molecule has 5 heteroatoms. The van der Waals surface area contributed by atoms with Crippen LogP contribution in [0.15, 0.2) is 60.7 Å². The fourth-order valence-electron chi connectivity index (χ4n) is 3.45. The standard InChI is InChI=1S/C23H27NO3.ClH/c25-23(26)21-12-7-13-24(17-21)14-15-27-18-22(20-10-5-2-6-11-20)16-19-8-3-1-4-9-19;/h1-6,8-11,16,21H,7,12-15,17-18H2,(H,25,26);1H/t21-;/m1./s1. The minimum absolute atomic E-state index is 0. The van der Waals surface area contributed by atoms with E-state index in [4.69, 9.17) is 4.74 Å². The maximum atomic E-state index is 11.2. The van der Waals surface area contributed by atoms with Crippen LogP contribution in [0.5, 0.6) is 0 Å². The van der Waals surface area contributed by atoms with Gasteiger partial charge in [-0.3, -0.25) is 4.79 Å². The summed E-state index contributed by atoms with van der Waals surface area (Å²) in [7, 11) is 0. The number of rotatable bonds is 8. The van der Waals surface area contributed by atoms with Gasteiger partial charge in [0.25, 0.3) is 0 Å². The van der Waals surface area contributed by atoms with Crippen LogP contribution in [0.2, 0.25) is 0 Å². The normalized spacial score (nSPS) is 17.7. The lowest BCUT2D eigenvalue weighted by molar-refractivity contribution is -0.143. The van der Waals surface area contributed by atoms with E-state index < -0.39 is 5.97 Å². The summed E-state index contributed by atoms with van der Waals surface area (Å²) in [4.78, 5) is 13.4. The van der Waals surface area contributed by atoms with Gasteiger partial charge in [-0.15, -0.1) is 12.4 Å². The molecule has 0 bridgehead atoms. The van der Waals surface area contributed by atoms with Gasteiger partial charge in [0.1, 0.15) is 0 Å². The van der Waals surface area contributed by atoms with Gasteiger partial charge in [-0.25, -0.2) is 0 Å². The van der Waals surface area contributed by atoms with Crippen molar-refractivity contribution in [1.29, 1.82) is 0 Å². The minimum atomic E-state index is -0.683. The Bertz CT molecular complexity index is 749. The highest BCUT2D eigenvalue weighted by molar-refractivity contribution is 5.85. The zero-order valence-electron chi connectivity index (χ0n) is 16.0. The lowest BCUT2D eigenvalue weighted by atomic mass is 9.98. The van der Waals surface area contributed by atoms with E-state index in [1.54, 1.807) is 0 Å². The van der Waals surface area contributed by atoms with Crippen molar-refractivity contribution in [3.05, 3.63) is 71.8 Å². The van der Waals surface area contributed by atoms with E-state index in [9.17, 15) is 9.90 Å². The van der Waals surface area contributed by atoms with Crippen molar-refractivity contribution < 1.29 is 14.6 Å². The molecular weight excluding hydrogens is 374 g/mol. The molecule has 0 aliphatic carbocycles. The number of halogens is 1. The van der Waals surface area contributed by atoms with Gasteiger partial charge >= 0.3 is 5.97 Å². The number of ether oxygens (including phenoxy) is 1. The predicted molar refractivity (Wildman–Crippen MR) is 116 cm³/mol. The summed E-state index contributed by atoms with van der Waals surface area (Å²) >= 11 is 0. The molecule has 2 aromatic rings. The first-order chi connectivity index (χ1) is 13.2. The van der Waals surface area contributed by atoms with Crippen LogP contribution in [0.25, 0.3) is 11.6 Å². The quantitative estimate of drug-likeness (QED) is 0.524. The van der Waals surface area contributed by atoms with Crippen molar-refractivity contribution in [3.63, 3.8) is 0 Å². The van der Waals surface area contributed by atoms with Crippen LogP contribution < -0.4 is 0 Å². The summed E-state index contributed by atoms with van der Waals surface area (Å²) in [5.41, 5.74) is 3.45. The topological polar surface area (TPSA) is 49.8 Å². The molecule has 0 saturated carbocycles. The molecule has 1 saturated heterocycles. The van der Waals surface area contributed by atoms with Crippen molar-refractivity contribution >= 4 is 30.0 Å². The molecule has 1 atom stereocenters. The van der Waals surface area contributed by atoms with Crippen LogP contribution in [0.3, 0.4) is 0 Å². The van der Waals surface area contributed by atoms with Crippen molar-refractivity contribution in [2.24, 2.45) is 5.92 Å². The van der Waals surface area contributed by atoms with Crippen LogP contribution >= 0.6 is 12.4 Å². The second-order valence-corrected chi connectivity index (χ2v) is 6.98. The second kappa shape index (κ2) is 11.6. The molecule has 28 heavy (non-hydrogen) atoms. The van der Waals surface area contributed by atoms with Gasteiger partial charge in [0.15, 0.2) is 0 Å². The molecule has 3 rings (SSSR count). The number of hydrogen-bond donors (Lipinski definition) is 1. The molecule has 0 radical (unpaired) electrons. The van der Waals surface area contributed by atoms with Crippen molar-refractivity contribution in [3.8, 4) is 0 Å². The SMILES string of the molecule is Cl.O=C(O)[C@@H]1CCCN(CCOCC(=Cc2ccccc2)c2ccccc2)C1. The smallest absolute Gasteiger partial charge is 0.307 e. The Morgan fingerprint density at radius 3 is 2.46 bits per heavy atom. The number of carbonyl (C=O) groups is 1. The Balaban J connectivity index is 0.00000280. The first-order valence-electron chi connectivity index (χ1n) is 9.56. The van der Waals surface area contributed by atoms with Gasteiger partial charge in [0, 0.05) is 13.1 Å². The van der Waals surface area contributed by atoms with E-state index in [1.165, 1.54) is 0 Å². The molecule has 2 aromatic carbocycles. The van der Waals surface area contributed by atoms with Gasteiger partial charge in [-0.1, -0.05) is 60.7 Å². The summed E-state index contributed by atoms with van der Waals surface area (Å²) in [6, 6.07) is 20.5. The number of piperidine rings is 1. The first-order valence-corrected chi connectivity index (χ1v) is 9.56. The van der Waals surface area contributed by atoms with Gasteiger partial charge in [0.05, 0.1) is 19.1 Å². The highest BCUT2D eigenvalue weighted by Crippen LogP contribution is 2.19. The summed E-state index contributed by atoms with van der Waals surface area (Å²) < 4.78 is 5.96. The summed E-state index contributed by atoms with van der Waals surface area (Å²) in [6.07, 6.45) is 3.89. The van der Waals surface area contributed by atoms with Crippen LogP contribution in [-0.4, -0.2) is 48.8 Å². The van der Waals surface area contributed by atoms with Crippen molar-refractivity contribution in [2.75, 3.05) is 32.8 Å². The van der Waals surface area contributed by atoms with Crippen LogP contribution in [0.4, 0.5) is 0 Å². The highest BCUT2D eigenvalue weighted by Gasteiger charge is 2.24. The number of carboxylic acids is 1. The molecule has 150 valence electrons. The summed E-state index contributed by atoms with van der Waals surface area (Å²) in [5.74, 6) is -0.922. The predicted octanol–water partition coefficient (Wildman–Crippen LogP) is 4.46. The molecule has 1 fully saturated rings. The lowest BCUT2D eigenvalue weighted by Gasteiger charge is -2.30. The van der Waals surface area contributed by atoms with Crippen molar-refractivity contribution in [1.82, 2.24) is 4.90 Å². The zero-order chi connectivity index (χ0) is 18.9.